The highest BCUT2D eigenvalue weighted by molar-refractivity contribution is 5.62. The first kappa shape index (κ1) is 21.0. The fourth-order valence-corrected chi connectivity index (χ4v) is 6.96. The third kappa shape index (κ3) is 3.68. The Bertz CT molecular complexity index is 773. The summed E-state index contributed by atoms with van der Waals surface area (Å²) in [6, 6.07) is 4.87. The van der Waals surface area contributed by atoms with Crippen LogP contribution in [0.15, 0.2) is 17.9 Å². The van der Waals surface area contributed by atoms with Crippen LogP contribution in [0.2, 0.25) is 0 Å². The highest BCUT2D eigenvalue weighted by atomic mass is 16.5. The molecular formula is C28H42O. The van der Waals surface area contributed by atoms with E-state index in [0.717, 1.165) is 48.2 Å². The van der Waals surface area contributed by atoms with Gasteiger partial charge in [-0.15, -0.1) is 0 Å². The predicted octanol–water partition coefficient (Wildman–Crippen LogP) is 7.77. The molecule has 1 nitrogen and oxygen atoms in total. The molecule has 0 amide bonds. The van der Waals surface area contributed by atoms with E-state index < -0.39 is 0 Å². The molecule has 3 aliphatic rings. The molecule has 1 saturated carbocycles. The Morgan fingerprint density at radius 1 is 1.00 bits per heavy atom. The highest BCUT2D eigenvalue weighted by Crippen LogP contribution is 2.61. The minimum atomic E-state index is 0.504. The number of methoxy groups -OCH3 is 1. The lowest BCUT2D eigenvalue weighted by molar-refractivity contribution is 0.115. The Morgan fingerprint density at radius 3 is 2.52 bits per heavy atom. The predicted molar refractivity (Wildman–Crippen MR) is 124 cm³/mol. The Labute approximate surface area is 179 Å². The molecule has 0 unspecified atom stereocenters. The topological polar surface area (TPSA) is 9.23 Å². The maximum atomic E-state index is 5.53. The summed E-state index contributed by atoms with van der Waals surface area (Å²) in [4.78, 5) is 0. The van der Waals surface area contributed by atoms with Crippen molar-refractivity contribution >= 4 is 6.08 Å². The van der Waals surface area contributed by atoms with Gasteiger partial charge < -0.3 is 4.74 Å². The van der Waals surface area contributed by atoms with Crippen LogP contribution in [-0.4, -0.2) is 7.11 Å². The van der Waals surface area contributed by atoms with E-state index >= 15 is 0 Å². The SMILES string of the molecule is COC1=Cc2ccc3c(c2CC1)CC[C@@]1(C)[C@@H]3CC[C@H]1[C@H](C)CC[C@H](C)C(C)C. The monoisotopic (exact) mass is 394 g/mol. The van der Waals surface area contributed by atoms with Crippen LogP contribution in [0.5, 0.6) is 0 Å². The lowest BCUT2D eigenvalue weighted by atomic mass is 9.60. The van der Waals surface area contributed by atoms with Gasteiger partial charge in [-0.05, 0) is 95.4 Å². The average Bonchev–Trinajstić information content (AvgIpc) is 3.08. The second-order valence-electron chi connectivity index (χ2n) is 11.0. The standard InChI is InChI=1S/C28H42O/c1-18(2)19(3)7-8-20(4)26-13-14-27-25-11-9-21-17-22(29-6)10-12-23(21)24(25)15-16-28(26,27)5/h9,11,17-20,26-27H,7-8,10,12-16H2,1-6H3/t19-,20+,26-,27+,28+/m0/s1. The lowest BCUT2D eigenvalue weighted by Gasteiger charge is -2.45. The molecule has 0 saturated heterocycles. The maximum Gasteiger partial charge on any atom is 0.0964 e. The number of allylic oxidation sites excluding steroid dienone is 1. The van der Waals surface area contributed by atoms with E-state index in [1.807, 2.05) is 7.11 Å². The molecule has 1 aromatic rings. The molecule has 1 aromatic carbocycles. The third-order valence-corrected chi connectivity index (χ3v) is 9.30. The molecule has 1 fully saturated rings. The Balaban J connectivity index is 1.55. The van der Waals surface area contributed by atoms with Gasteiger partial charge in [-0.1, -0.05) is 59.6 Å². The molecule has 0 spiro atoms. The van der Waals surface area contributed by atoms with Gasteiger partial charge in [0.25, 0.3) is 0 Å². The molecule has 0 N–H and O–H groups in total. The molecule has 0 aliphatic heterocycles. The van der Waals surface area contributed by atoms with Crippen molar-refractivity contribution in [2.45, 2.75) is 91.9 Å². The quantitative estimate of drug-likeness (QED) is 0.479. The molecular weight excluding hydrogens is 352 g/mol. The van der Waals surface area contributed by atoms with E-state index in [9.17, 15) is 0 Å². The zero-order valence-electron chi connectivity index (χ0n) is 19.7. The van der Waals surface area contributed by atoms with Gasteiger partial charge in [-0.25, -0.2) is 0 Å². The van der Waals surface area contributed by atoms with Crippen LogP contribution in [0.1, 0.15) is 101 Å². The highest BCUT2D eigenvalue weighted by Gasteiger charge is 2.51. The first-order valence-electron chi connectivity index (χ1n) is 12.2. The van der Waals surface area contributed by atoms with Gasteiger partial charge in [0.1, 0.15) is 0 Å². The molecule has 4 rings (SSSR count). The number of benzene rings is 1. The molecule has 5 atom stereocenters. The third-order valence-electron chi connectivity index (χ3n) is 9.30. The first-order chi connectivity index (χ1) is 13.8. The van der Waals surface area contributed by atoms with Crippen LogP contribution >= 0.6 is 0 Å². The normalized spacial score (nSPS) is 30.2. The van der Waals surface area contributed by atoms with Crippen molar-refractivity contribution in [3.05, 3.63) is 40.1 Å². The van der Waals surface area contributed by atoms with Gasteiger partial charge in [-0.2, -0.15) is 0 Å². The average molecular weight is 395 g/mol. The van der Waals surface area contributed by atoms with Crippen molar-refractivity contribution in [3.8, 4) is 0 Å². The molecule has 0 radical (unpaired) electrons. The van der Waals surface area contributed by atoms with E-state index in [2.05, 4.69) is 52.8 Å². The summed E-state index contributed by atoms with van der Waals surface area (Å²) in [5.41, 5.74) is 6.97. The molecule has 3 aliphatic carbocycles. The number of rotatable bonds is 6. The fourth-order valence-electron chi connectivity index (χ4n) is 6.96. The Hall–Kier alpha value is -1.24. The second kappa shape index (κ2) is 8.12. The Morgan fingerprint density at radius 2 is 1.79 bits per heavy atom. The molecule has 0 bridgehead atoms. The number of fused-ring (bicyclic) bond motifs is 5. The maximum absolute atomic E-state index is 5.53. The summed E-state index contributed by atoms with van der Waals surface area (Å²) in [6.45, 7) is 12.4. The van der Waals surface area contributed by atoms with Gasteiger partial charge >= 0.3 is 0 Å². The fraction of sp³-hybridized carbons (Fsp3) is 0.714. The van der Waals surface area contributed by atoms with Gasteiger partial charge in [0.15, 0.2) is 0 Å². The van der Waals surface area contributed by atoms with E-state index in [1.165, 1.54) is 44.1 Å². The van der Waals surface area contributed by atoms with Crippen LogP contribution in [0, 0.1) is 29.1 Å². The largest absolute Gasteiger partial charge is 0.501 e. The van der Waals surface area contributed by atoms with Gasteiger partial charge in [0.2, 0.25) is 0 Å². The lowest BCUT2D eigenvalue weighted by Crippen LogP contribution is -2.35. The van der Waals surface area contributed by atoms with Crippen LogP contribution in [0.4, 0.5) is 0 Å². The summed E-state index contributed by atoms with van der Waals surface area (Å²) in [6.07, 6.45) is 12.8. The van der Waals surface area contributed by atoms with Crippen molar-refractivity contribution in [1.29, 1.82) is 0 Å². The first-order valence-corrected chi connectivity index (χ1v) is 12.2. The number of ether oxygens (including phenoxy) is 1. The number of hydrogen-bond acceptors (Lipinski definition) is 1. The van der Waals surface area contributed by atoms with Crippen molar-refractivity contribution in [3.63, 3.8) is 0 Å². The summed E-state index contributed by atoms with van der Waals surface area (Å²) in [5.74, 6) is 5.34. The second-order valence-corrected chi connectivity index (χ2v) is 11.0. The van der Waals surface area contributed by atoms with Crippen LogP contribution in [0.3, 0.4) is 0 Å². The van der Waals surface area contributed by atoms with E-state index in [4.69, 9.17) is 4.74 Å². The van der Waals surface area contributed by atoms with Crippen LogP contribution < -0.4 is 0 Å². The van der Waals surface area contributed by atoms with Gasteiger partial charge in [0.05, 0.1) is 12.9 Å². The molecule has 0 aromatic heterocycles. The molecule has 0 heterocycles. The van der Waals surface area contributed by atoms with Crippen molar-refractivity contribution in [2.75, 3.05) is 7.11 Å². The van der Waals surface area contributed by atoms with Gasteiger partial charge in [0, 0.05) is 6.42 Å². The summed E-state index contributed by atoms with van der Waals surface area (Å²) in [5, 5.41) is 0. The molecule has 160 valence electrons. The zero-order valence-corrected chi connectivity index (χ0v) is 19.7. The van der Waals surface area contributed by atoms with Crippen LogP contribution in [0.25, 0.3) is 6.08 Å². The zero-order chi connectivity index (χ0) is 20.8. The number of hydrogen-bond donors (Lipinski definition) is 0. The molecule has 29 heavy (non-hydrogen) atoms. The minimum absolute atomic E-state index is 0.504. The van der Waals surface area contributed by atoms with E-state index in [0.29, 0.717) is 5.41 Å². The smallest absolute Gasteiger partial charge is 0.0964 e. The summed E-state index contributed by atoms with van der Waals surface area (Å²) >= 11 is 0. The van der Waals surface area contributed by atoms with Gasteiger partial charge in [-0.3, -0.25) is 0 Å². The Kier molecular flexibility index (Phi) is 5.88. The van der Waals surface area contributed by atoms with E-state index in [-0.39, 0.29) is 0 Å². The van der Waals surface area contributed by atoms with Crippen LogP contribution in [-0.2, 0) is 17.6 Å². The summed E-state index contributed by atoms with van der Waals surface area (Å²) < 4.78 is 5.53. The van der Waals surface area contributed by atoms with Crippen molar-refractivity contribution in [1.82, 2.24) is 0 Å². The minimum Gasteiger partial charge on any atom is -0.501 e. The van der Waals surface area contributed by atoms with Crippen molar-refractivity contribution < 1.29 is 4.74 Å². The molecule has 1 heteroatoms. The van der Waals surface area contributed by atoms with Crippen molar-refractivity contribution in [2.24, 2.45) is 29.1 Å². The van der Waals surface area contributed by atoms with E-state index in [1.54, 1.807) is 16.7 Å². The summed E-state index contributed by atoms with van der Waals surface area (Å²) in [7, 11) is 1.81.